The van der Waals surface area contributed by atoms with Crippen LogP contribution in [0.4, 0.5) is 0 Å². The van der Waals surface area contributed by atoms with Gasteiger partial charge in [-0.05, 0) is 32.0 Å². The van der Waals surface area contributed by atoms with Crippen molar-refractivity contribution in [3.05, 3.63) is 53.4 Å². The second-order valence-corrected chi connectivity index (χ2v) is 5.87. The average Bonchev–Trinajstić information content (AvgIpc) is 2.82. The Morgan fingerprint density at radius 1 is 1.32 bits per heavy atom. The van der Waals surface area contributed by atoms with Gasteiger partial charge in [-0.15, -0.1) is 0 Å². The number of para-hydroxylation sites is 1. The summed E-state index contributed by atoms with van der Waals surface area (Å²) in [5.41, 5.74) is 3.04. The van der Waals surface area contributed by atoms with E-state index in [-0.39, 0.29) is 0 Å². The zero-order valence-corrected chi connectivity index (χ0v) is 14.0. The Bertz CT molecular complexity index is 721. The summed E-state index contributed by atoms with van der Waals surface area (Å²) in [6.07, 6.45) is 1.39. The van der Waals surface area contributed by atoms with Crippen LogP contribution in [0.3, 0.4) is 0 Å². The Morgan fingerprint density at radius 2 is 2.00 bits per heavy atom. The minimum atomic E-state index is -1.12. The van der Waals surface area contributed by atoms with Gasteiger partial charge in [0.25, 0.3) is 0 Å². The van der Waals surface area contributed by atoms with Gasteiger partial charge >= 0.3 is 0 Å². The Morgan fingerprint density at radius 3 is 2.55 bits per heavy atom. The Balaban J connectivity index is 2.66. The van der Waals surface area contributed by atoms with Gasteiger partial charge in [0.2, 0.25) is 0 Å². The first-order valence-electron chi connectivity index (χ1n) is 6.64. The molecular weight excluding hydrogens is 323 g/mol. The standard InChI is InChI=1S/C16H16Cl2N2O2/c1-10-8-11(2)20(19-10)13(9-14(21)16(17)18)12-6-4-5-7-15(12)22-3/h4-9,16H,1-3H3. The van der Waals surface area contributed by atoms with Crippen LogP contribution in [0.1, 0.15) is 17.0 Å². The highest BCUT2D eigenvalue weighted by atomic mass is 35.5. The van der Waals surface area contributed by atoms with Gasteiger partial charge < -0.3 is 4.74 Å². The molecule has 0 spiro atoms. The van der Waals surface area contributed by atoms with Crippen molar-refractivity contribution in [3.63, 3.8) is 0 Å². The third kappa shape index (κ3) is 3.51. The molecule has 4 nitrogen and oxygen atoms in total. The van der Waals surface area contributed by atoms with Gasteiger partial charge in [-0.1, -0.05) is 35.3 Å². The summed E-state index contributed by atoms with van der Waals surface area (Å²) in [4.78, 5) is 10.9. The molecule has 0 aliphatic heterocycles. The lowest BCUT2D eigenvalue weighted by atomic mass is 10.1. The van der Waals surface area contributed by atoms with Gasteiger partial charge in [0.15, 0.2) is 10.6 Å². The number of methoxy groups -OCH3 is 1. The number of halogens is 2. The number of aromatic nitrogens is 2. The molecule has 0 N–H and O–H groups in total. The lowest BCUT2D eigenvalue weighted by molar-refractivity contribution is -0.113. The Hall–Kier alpha value is -1.78. The predicted octanol–water partition coefficient (Wildman–Crippen LogP) is 3.77. The zero-order valence-electron chi connectivity index (χ0n) is 12.5. The number of ether oxygens (including phenoxy) is 1. The fourth-order valence-corrected chi connectivity index (χ4v) is 2.31. The van der Waals surface area contributed by atoms with Gasteiger partial charge in [0.1, 0.15) is 5.75 Å². The van der Waals surface area contributed by atoms with Crippen LogP contribution >= 0.6 is 23.2 Å². The van der Waals surface area contributed by atoms with E-state index >= 15 is 0 Å². The normalized spacial score (nSPS) is 11.8. The van der Waals surface area contributed by atoms with Crippen LogP contribution in [0, 0.1) is 13.8 Å². The zero-order chi connectivity index (χ0) is 16.3. The average molecular weight is 339 g/mol. The monoisotopic (exact) mass is 338 g/mol. The molecule has 2 rings (SSSR count). The van der Waals surface area contributed by atoms with Gasteiger partial charge in [-0.25, -0.2) is 4.68 Å². The summed E-state index contributed by atoms with van der Waals surface area (Å²) in [6.45, 7) is 3.80. The van der Waals surface area contributed by atoms with E-state index in [0.717, 1.165) is 17.0 Å². The number of allylic oxidation sites excluding steroid dienone is 1. The second-order valence-electron chi connectivity index (χ2n) is 4.77. The topological polar surface area (TPSA) is 44.1 Å². The summed E-state index contributed by atoms with van der Waals surface area (Å²) >= 11 is 11.4. The molecule has 0 radical (unpaired) electrons. The number of benzene rings is 1. The van der Waals surface area contributed by atoms with Crippen LogP contribution in [-0.2, 0) is 4.79 Å². The van der Waals surface area contributed by atoms with Crippen LogP contribution in [0.2, 0.25) is 0 Å². The summed E-state index contributed by atoms with van der Waals surface area (Å²) in [7, 11) is 1.57. The number of nitrogens with zero attached hydrogens (tertiary/aromatic N) is 2. The van der Waals surface area contributed by atoms with Crippen LogP contribution < -0.4 is 4.74 Å². The minimum absolute atomic E-state index is 0.406. The van der Waals surface area contributed by atoms with Crippen molar-refractivity contribution in [3.8, 4) is 5.75 Å². The van der Waals surface area contributed by atoms with Gasteiger partial charge in [0, 0.05) is 17.3 Å². The summed E-state index contributed by atoms with van der Waals surface area (Å²) in [6, 6.07) is 9.31. The van der Waals surface area contributed by atoms with Crippen LogP contribution in [0.25, 0.3) is 5.70 Å². The molecule has 0 amide bonds. The van der Waals surface area contributed by atoms with Crippen LogP contribution in [-0.4, -0.2) is 27.5 Å². The maximum absolute atomic E-state index is 12.0. The molecule has 6 heteroatoms. The lowest BCUT2D eigenvalue weighted by Gasteiger charge is -2.14. The highest BCUT2D eigenvalue weighted by molar-refractivity contribution is 6.55. The number of hydrogen-bond acceptors (Lipinski definition) is 3. The molecule has 1 aromatic carbocycles. The number of hydrogen-bond donors (Lipinski definition) is 0. The van der Waals surface area contributed by atoms with E-state index in [9.17, 15) is 4.79 Å². The highest BCUT2D eigenvalue weighted by Gasteiger charge is 2.17. The Kier molecular flexibility index (Phi) is 5.27. The van der Waals surface area contributed by atoms with Gasteiger partial charge in [-0.3, -0.25) is 4.79 Å². The third-order valence-corrected chi connectivity index (χ3v) is 3.54. The number of ketones is 1. The van der Waals surface area contributed by atoms with E-state index in [1.165, 1.54) is 6.08 Å². The fraction of sp³-hybridized carbons (Fsp3) is 0.250. The first-order valence-corrected chi connectivity index (χ1v) is 7.52. The first kappa shape index (κ1) is 16.6. The molecule has 0 fully saturated rings. The molecule has 0 aliphatic carbocycles. The molecular formula is C16H16Cl2N2O2. The number of carbonyl (C=O) groups is 1. The number of rotatable bonds is 5. The minimum Gasteiger partial charge on any atom is -0.496 e. The van der Waals surface area contributed by atoms with Crippen molar-refractivity contribution < 1.29 is 9.53 Å². The molecule has 0 atom stereocenters. The molecule has 0 saturated carbocycles. The maximum atomic E-state index is 12.0. The molecule has 22 heavy (non-hydrogen) atoms. The molecule has 1 aromatic heterocycles. The molecule has 2 aromatic rings. The second kappa shape index (κ2) is 6.99. The summed E-state index contributed by atoms with van der Waals surface area (Å²) in [5, 5.41) is 4.43. The van der Waals surface area contributed by atoms with Crippen molar-refractivity contribution >= 4 is 34.7 Å². The van der Waals surface area contributed by atoms with E-state index in [1.54, 1.807) is 11.8 Å². The van der Waals surface area contributed by atoms with Crippen molar-refractivity contribution in [2.24, 2.45) is 0 Å². The number of alkyl halides is 2. The third-order valence-electron chi connectivity index (χ3n) is 3.11. The van der Waals surface area contributed by atoms with Crippen molar-refractivity contribution in [1.82, 2.24) is 9.78 Å². The maximum Gasteiger partial charge on any atom is 0.190 e. The van der Waals surface area contributed by atoms with Crippen molar-refractivity contribution in [2.45, 2.75) is 18.7 Å². The molecule has 1 heterocycles. The SMILES string of the molecule is COc1ccccc1C(=CC(=O)C(Cl)Cl)n1nc(C)cc1C. The van der Waals surface area contributed by atoms with E-state index in [0.29, 0.717) is 11.4 Å². The van der Waals surface area contributed by atoms with Crippen molar-refractivity contribution in [1.29, 1.82) is 0 Å². The Labute approximate surface area is 139 Å². The van der Waals surface area contributed by atoms with Crippen molar-refractivity contribution in [2.75, 3.05) is 7.11 Å². The molecule has 0 unspecified atom stereocenters. The molecule has 116 valence electrons. The van der Waals surface area contributed by atoms with Gasteiger partial charge in [0.05, 0.1) is 18.5 Å². The summed E-state index contributed by atoms with van der Waals surface area (Å²) < 4.78 is 7.06. The number of carbonyl (C=O) groups excluding carboxylic acids is 1. The first-order chi connectivity index (χ1) is 10.4. The molecule has 0 aliphatic rings. The predicted molar refractivity (Wildman–Crippen MR) is 88.6 cm³/mol. The van der Waals surface area contributed by atoms with E-state index in [2.05, 4.69) is 5.10 Å². The lowest BCUT2D eigenvalue weighted by Crippen LogP contribution is -2.10. The summed E-state index contributed by atoms with van der Waals surface area (Å²) in [5.74, 6) is 0.228. The van der Waals surface area contributed by atoms with E-state index in [1.807, 2.05) is 44.2 Å². The quantitative estimate of drug-likeness (QED) is 0.615. The fourth-order valence-electron chi connectivity index (χ4n) is 2.18. The van der Waals surface area contributed by atoms with Crippen LogP contribution in [0.5, 0.6) is 5.75 Å². The number of aryl methyl sites for hydroxylation is 2. The smallest absolute Gasteiger partial charge is 0.190 e. The van der Waals surface area contributed by atoms with E-state index < -0.39 is 10.6 Å². The molecule has 0 bridgehead atoms. The van der Waals surface area contributed by atoms with Gasteiger partial charge in [-0.2, -0.15) is 5.10 Å². The largest absolute Gasteiger partial charge is 0.496 e. The highest BCUT2D eigenvalue weighted by Crippen LogP contribution is 2.28. The molecule has 0 saturated heterocycles. The van der Waals surface area contributed by atoms with Crippen LogP contribution in [0.15, 0.2) is 36.4 Å². The van der Waals surface area contributed by atoms with E-state index in [4.69, 9.17) is 27.9 Å².